The Morgan fingerprint density at radius 2 is 2.00 bits per heavy atom. The third-order valence-corrected chi connectivity index (χ3v) is 5.87. The lowest BCUT2D eigenvalue weighted by Gasteiger charge is -2.19. The summed E-state index contributed by atoms with van der Waals surface area (Å²) in [6.45, 7) is 6.57. The summed E-state index contributed by atoms with van der Waals surface area (Å²) in [6.07, 6.45) is 3.07. The second kappa shape index (κ2) is 8.57. The van der Waals surface area contributed by atoms with E-state index in [0.29, 0.717) is 35.1 Å². The maximum atomic E-state index is 12.9. The number of anilines is 1. The average Bonchev–Trinajstić information content (AvgIpc) is 3.02. The number of esters is 1. The molecule has 1 amide bonds. The maximum Gasteiger partial charge on any atom is 0.341 e. The van der Waals surface area contributed by atoms with Crippen molar-refractivity contribution in [3.05, 3.63) is 45.8 Å². The van der Waals surface area contributed by atoms with Gasteiger partial charge in [0, 0.05) is 4.88 Å². The van der Waals surface area contributed by atoms with Gasteiger partial charge in [0.1, 0.15) is 10.8 Å². The summed E-state index contributed by atoms with van der Waals surface area (Å²) in [5.41, 5.74) is 2.01. The van der Waals surface area contributed by atoms with Crippen molar-refractivity contribution in [2.45, 2.75) is 46.0 Å². The highest BCUT2D eigenvalue weighted by Crippen LogP contribution is 2.44. The van der Waals surface area contributed by atoms with Gasteiger partial charge in [0.25, 0.3) is 5.91 Å². The Balaban J connectivity index is 1.97. The van der Waals surface area contributed by atoms with Crippen molar-refractivity contribution in [1.82, 2.24) is 0 Å². The molecule has 1 atom stereocenters. The van der Waals surface area contributed by atoms with Gasteiger partial charge in [0.05, 0.1) is 24.3 Å². The van der Waals surface area contributed by atoms with Crippen molar-refractivity contribution < 1.29 is 19.1 Å². The van der Waals surface area contributed by atoms with Gasteiger partial charge in [-0.1, -0.05) is 19.1 Å². The molecule has 2 aromatic rings. The van der Waals surface area contributed by atoms with E-state index in [1.807, 2.05) is 13.0 Å². The molecule has 0 aliphatic heterocycles. The molecule has 1 N–H and O–H groups in total. The van der Waals surface area contributed by atoms with Crippen LogP contribution in [-0.2, 0) is 11.2 Å². The molecule has 0 radical (unpaired) electrons. The minimum absolute atomic E-state index is 0.282. The molecule has 1 unspecified atom stereocenters. The van der Waals surface area contributed by atoms with Gasteiger partial charge in [0.15, 0.2) is 0 Å². The largest absolute Gasteiger partial charge is 0.493 e. The van der Waals surface area contributed by atoms with Gasteiger partial charge in [-0.05, 0) is 56.7 Å². The second-order valence-corrected chi connectivity index (χ2v) is 7.65. The molecule has 1 aromatic carbocycles. The first-order chi connectivity index (χ1) is 13.1. The van der Waals surface area contributed by atoms with Gasteiger partial charge in [-0.2, -0.15) is 0 Å². The summed E-state index contributed by atoms with van der Waals surface area (Å²) in [5, 5.41) is 3.51. The highest BCUT2D eigenvalue weighted by atomic mass is 32.1. The maximum absolute atomic E-state index is 12.9. The normalized spacial score (nSPS) is 15.7. The lowest BCUT2D eigenvalue weighted by atomic mass is 9.86. The zero-order valence-electron chi connectivity index (χ0n) is 16.0. The highest BCUT2D eigenvalue weighted by Gasteiger charge is 2.31. The summed E-state index contributed by atoms with van der Waals surface area (Å²) in [5.74, 6) is 0.170. The Bertz CT molecular complexity index is 843. The van der Waals surface area contributed by atoms with Gasteiger partial charge in [-0.25, -0.2) is 4.79 Å². The minimum atomic E-state index is -0.364. The summed E-state index contributed by atoms with van der Waals surface area (Å²) in [4.78, 5) is 26.7. The molecular formula is C21H25NO4S. The quantitative estimate of drug-likeness (QED) is 0.707. The molecule has 1 heterocycles. The smallest absolute Gasteiger partial charge is 0.341 e. The van der Waals surface area contributed by atoms with Gasteiger partial charge >= 0.3 is 5.97 Å². The fourth-order valence-corrected chi connectivity index (χ4v) is 4.86. The zero-order chi connectivity index (χ0) is 19.4. The Hall–Kier alpha value is -2.34. The third kappa shape index (κ3) is 4.00. The summed E-state index contributed by atoms with van der Waals surface area (Å²) in [6, 6.07) is 7.12. The summed E-state index contributed by atoms with van der Waals surface area (Å²) >= 11 is 1.49. The number of aryl methyl sites for hydroxylation is 1. The number of fused-ring (bicyclic) bond motifs is 1. The van der Waals surface area contributed by atoms with Crippen LogP contribution in [0.2, 0.25) is 0 Å². The van der Waals surface area contributed by atoms with E-state index < -0.39 is 0 Å². The molecule has 1 aliphatic carbocycles. The number of hydrogen-bond acceptors (Lipinski definition) is 5. The van der Waals surface area contributed by atoms with Crippen LogP contribution in [0.15, 0.2) is 24.3 Å². The van der Waals surface area contributed by atoms with E-state index in [1.165, 1.54) is 16.2 Å². The number of hydrogen-bond donors (Lipinski definition) is 1. The Labute approximate surface area is 163 Å². The van der Waals surface area contributed by atoms with Crippen molar-refractivity contribution in [1.29, 1.82) is 0 Å². The van der Waals surface area contributed by atoms with E-state index in [2.05, 4.69) is 12.2 Å². The van der Waals surface area contributed by atoms with Gasteiger partial charge < -0.3 is 14.8 Å². The topological polar surface area (TPSA) is 64.6 Å². The summed E-state index contributed by atoms with van der Waals surface area (Å²) in [7, 11) is 0. The van der Waals surface area contributed by atoms with E-state index in [-0.39, 0.29) is 17.8 Å². The van der Waals surface area contributed by atoms with Gasteiger partial charge in [-0.15, -0.1) is 11.3 Å². The fraction of sp³-hybridized carbons (Fsp3) is 0.429. The SMILES string of the molecule is CCOC(=O)c1c(NC(=O)c2ccccc2OCC)sc2c1C(C)CCC2. The number of para-hydroxylation sites is 1. The molecule has 144 valence electrons. The number of amides is 1. The van der Waals surface area contributed by atoms with Crippen LogP contribution in [0.25, 0.3) is 0 Å². The minimum Gasteiger partial charge on any atom is -0.493 e. The molecule has 0 spiro atoms. The molecule has 27 heavy (non-hydrogen) atoms. The van der Waals surface area contributed by atoms with E-state index in [1.54, 1.807) is 25.1 Å². The van der Waals surface area contributed by atoms with Crippen molar-refractivity contribution in [3.8, 4) is 5.75 Å². The fourth-order valence-electron chi connectivity index (χ4n) is 3.51. The van der Waals surface area contributed by atoms with Crippen LogP contribution in [0.5, 0.6) is 5.75 Å². The molecular weight excluding hydrogens is 362 g/mol. The average molecular weight is 388 g/mol. The first-order valence-corrected chi connectivity index (χ1v) is 10.2. The number of benzene rings is 1. The lowest BCUT2D eigenvalue weighted by molar-refractivity contribution is 0.0526. The van der Waals surface area contributed by atoms with Gasteiger partial charge in [-0.3, -0.25) is 4.79 Å². The van der Waals surface area contributed by atoms with Crippen LogP contribution < -0.4 is 10.1 Å². The van der Waals surface area contributed by atoms with E-state index >= 15 is 0 Å². The predicted octanol–water partition coefficient (Wildman–Crippen LogP) is 5.02. The zero-order valence-corrected chi connectivity index (χ0v) is 16.8. The number of rotatable bonds is 6. The monoisotopic (exact) mass is 387 g/mol. The second-order valence-electron chi connectivity index (χ2n) is 6.54. The number of ether oxygens (including phenoxy) is 2. The molecule has 6 heteroatoms. The lowest BCUT2D eigenvalue weighted by Crippen LogP contribution is -2.17. The number of thiophene rings is 1. The highest BCUT2D eigenvalue weighted by molar-refractivity contribution is 7.17. The van der Waals surface area contributed by atoms with Crippen molar-refractivity contribution in [3.63, 3.8) is 0 Å². The third-order valence-electron chi connectivity index (χ3n) is 4.69. The van der Waals surface area contributed by atoms with Gasteiger partial charge in [0.2, 0.25) is 0 Å². The molecule has 0 saturated heterocycles. The number of carbonyl (C=O) groups is 2. The van der Waals surface area contributed by atoms with E-state index in [4.69, 9.17) is 9.47 Å². The number of carbonyl (C=O) groups excluding carboxylic acids is 2. The molecule has 0 bridgehead atoms. The standard InChI is InChI=1S/C21H25NO4S/c1-4-25-15-11-7-6-10-14(15)19(23)22-20-18(21(24)26-5-2)17-13(3)9-8-12-16(17)27-20/h6-7,10-11,13H,4-5,8-9,12H2,1-3H3,(H,22,23). The van der Waals surface area contributed by atoms with Crippen LogP contribution in [-0.4, -0.2) is 25.1 Å². The predicted molar refractivity (Wildman–Crippen MR) is 107 cm³/mol. The molecule has 0 saturated carbocycles. The van der Waals surface area contributed by atoms with Crippen molar-refractivity contribution in [2.75, 3.05) is 18.5 Å². The van der Waals surface area contributed by atoms with Crippen LogP contribution in [0.1, 0.15) is 70.7 Å². The Morgan fingerprint density at radius 3 is 2.74 bits per heavy atom. The van der Waals surface area contributed by atoms with Crippen LogP contribution in [0, 0.1) is 0 Å². The van der Waals surface area contributed by atoms with E-state index in [9.17, 15) is 9.59 Å². The molecule has 3 rings (SSSR count). The molecule has 1 aromatic heterocycles. The summed E-state index contributed by atoms with van der Waals surface area (Å²) < 4.78 is 10.8. The molecule has 1 aliphatic rings. The molecule has 5 nitrogen and oxygen atoms in total. The van der Waals surface area contributed by atoms with Crippen molar-refractivity contribution >= 4 is 28.2 Å². The Morgan fingerprint density at radius 1 is 1.22 bits per heavy atom. The first-order valence-electron chi connectivity index (χ1n) is 9.42. The van der Waals surface area contributed by atoms with Crippen molar-refractivity contribution in [2.24, 2.45) is 0 Å². The number of nitrogens with one attached hydrogen (secondary N) is 1. The Kier molecular flexibility index (Phi) is 6.16. The van der Waals surface area contributed by atoms with Crippen LogP contribution in [0.4, 0.5) is 5.00 Å². The molecule has 0 fully saturated rings. The van der Waals surface area contributed by atoms with Crippen LogP contribution in [0.3, 0.4) is 0 Å². The first kappa shape index (κ1) is 19.4. The van der Waals surface area contributed by atoms with E-state index in [0.717, 1.165) is 24.8 Å². The van der Waals surface area contributed by atoms with Crippen LogP contribution >= 0.6 is 11.3 Å².